The summed E-state index contributed by atoms with van der Waals surface area (Å²) in [5, 5.41) is 26.3. The quantitative estimate of drug-likeness (QED) is 0.144. The van der Waals surface area contributed by atoms with Gasteiger partial charge in [-0.2, -0.15) is 0 Å². The Morgan fingerprint density at radius 3 is 2.43 bits per heavy atom. The molecule has 4 aromatic rings. The Balaban J connectivity index is 1.18. The second kappa shape index (κ2) is 15.6. The molecule has 6 nitrogen and oxygen atoms in total. The van der Waals surface area contributed by atoms with Gasteiger partial charge in [-0.05, 0) is 159 Å². The van der Waals surface area contributed by atoms with Crippen LogP contribution in [0.15, 0.2) is 90.5 Å². The molecule has 6 aliphatic rings. The van der Waals surface area contributed by atoms with E-state index < -0.39 is 40.6 Å². The maximum Gasteiger partial charge on any atom is 0.415 e. The Morgan fingerprint density at radius 1 is 0.879 bits per heavy atom. The highest BCUT2D eigenvalue weighted by atomic mass is 19.2. The predicted molar refractivity (Wildman–Crippen MR) is 223 cm³/mol. The number of ketones is 1. The Kier molecular flexibility index (Phi) is 10.9. The standard InChI is InChI=1S/C50H57F2NO5/c1-31-8-7-22-49(4)42(40-19-12-32(24-38(54)17-11-31)25-41(40)46(55)35-15-20-44(51)45(52)27-35)21-23-50(49,57)30-53(29-36-13-16-37-28-43(36)48(37,2)3)47(56)58-39-18-14-33-9-5-6-10-34(33)26-39/h5-6,8-10,12,14-15,18-20,25-27,36-38,42-43,54,57H,7,11,13,16-17,21-24,28-30H2,1-4H3. The third-order valence-electron chi connectivity index (χ3n) is 15.2. The van der Waals surface area contributed by atoms with Crippen LogP contribution in [0, 0.1) is 40.2 Å². The summed E-state index contributed by atoms with van der Waals surface area (Å²) in [6.07, 6.45) is 8.15. The lowest BCUT2D eigenvalue weighted by Crippen LogP contribution is -2.58. The molecule has 8 heteroatoms. The van der Waals surface area contributed by atoms with E-state index in [0.29, 0.717) is 74.6 Å². The number of benzene rings is 4. The number of hydrogen-bond acceptors (Lipinski definition) is 5. The van der Waals surface area contributed by atoms with E-state index >= 15 is 0 Å². The van der Waals surface area contributed by atoms with Crippen molar-refractivity contribution in [2.24, 2.45) is 28.6 Å². The number of allylic oxidation sites excluding steroid dienone is 2. The van der Waals surface area contributed by atoms with Gasteiger partial charge in [0.05, 0.1) is 18.2 Å². The fraction of sp³-hybridized carbons (Fsp3) is 0.480. The van der Waals surface area contributed by atoms with Crippen LogP contribution in [0.25, 0.3) is 10.8 Å². The zero-order chi connectivity index (χ0) is 41.0. The lowest BCUT2D eigenvalue weighted by Gasteiger charge is -2.60. The van der Waals surface area contributed by atoms with E-state index in [2.05, 4.69) is 33.8 Å². The van der Waals surface area contributed by atoms with Crippen molar-refractivity contribution >= 4 is 22.6 Å². The number of halogens is 2. The first-order valence-corrected chi connectivity index (χ1v) is 21.3. The molecule has 4 aromatic carbocycles. The molecule has 4 saturated carbocycles. The minimum absolute atomic E-state index is 0.0312. The van der Waals surface area contributed by atoms with Crippen LogP contribution < -0.4 is 4.74 Å². The van der Waals surface area contributed by atoms with Gasteiger partial charge in [-0.15, -0.1) is 0 Å². The van der Waals surface area contributed by atoms with Gasteiger partial charge in [0.25, 0.3) is 0 Å². The number of hydrogen-bond donors (Lipinski definition) is 2. The van der Waals surface area contributed by atoms with E-state index in [9.17, 15) is 28.6 Å². The summed E-state index contributed by atoms with van der Waals surface area (Å²) >= 11 is 0. The van der Waals surface area contributed by atoms with Crippen molar-refractivity contribution < 1.29 is 33.3 Å². The Labute approximate surface area is 341 Å². The van der Waals surface area contributed by atoms with Crippen molar-refractivity contribution in [1.82, 2.24) is 4.90 Å². The fourth-order valence-corrected chi connectivity index (χ4v) is 11.4. The molecule has 10 rings (SSSR count). The monoisotopic (exact) mass is 789 g/mol. The Morgan fingerprint density at radius 2 is 1.67 bits per heavy atom. The third-order valence-corrected chi connectivity index (χ3v) is 15.2. The van der Waals surface area contributed by atoms with Gasteiger partial charge in [0, 0.05) is 23.1 Å². The summed E-state index contributed by atoms with van der Waals surface area (Å²) in [6, 6.07) is 22.5. The second-order valence-corrected chi connectivity index (χ2v) is 18.9. The van der Waals surface area contributed by atoms with Crippen molar-refractivity contribution in [2.45, 2.75) is 110 Å². The molecule has 0 aliphatic heterocycles. The normalized spacial score (nSPS) is 29.2. The third kappa shape index (κ3) is 7.51. The highest BCUT2D eigenvalue weighted by Gasteiger charge is 2.59. The lowest BCUT2D eigenvalue weighted by atomic mass is 9.45. The molecule has 4 fully saturated rings. The largest absolute Gasteiger partial charge is 0.415 e. The average molecular weight is 790 g/mol. The van der Waals surface area contributed by atoms with Crippen molar-refractivity contribution in [3.8, 4) is 5.75 Å². The number of carbonyl (C=O) groups excluding carboxylic acids is 2. The van der Waals surface area contributed by atoms with Crippen LogP contribution in [0.3, 0.4) is 0 Å². The molecule has 0 spiro atoms. The van der Waals surface area contributed by atoms with Crippen LogP contribution in [-0.2, 0) is 6.42 Å². The van der Waals surface area contributed by atoms with Gasteiger partial charge in [-0.3, -0.25) is 4.79 Å². The molecule has 58 heavy (non-hydrogen) atoms. The number of ether oxygens (including phenoxy) is 1. The lowest BCUT2D eigenvalue weighted by molar-refractivity contribution is -0.119. The van der Waals surface area contributed by atoms with Crippen molar-refractivity contribution in [3.63, 3.8) is 0 Å². The zero-order valence-corrected chi connectivity index (χ0v) is 34.3. The predicted octanol–water partition coefficient (Wildman–Crippen LogP) is 11.0. The minimum Gasteiger partial charge on any atom is -0.410 e. The van der Waals surface area contributed by atoms with E-state index in [0.717, 1.165) is 53.3 Å². The van der Waals surface area contributed by atoms with Crippen molar-refractivity contribution in [1.29, 1.82) is 0 Å². The molecular weight excluding hydrogens is 733 g/mol. The minimum atomic E-state index is -1.36. The van der Waals surface area contributed by atoms with E-state index in [1.807, 2.05) is 54.6 Å². The molecule has 7 unspecified atom stereocenters. The van der Waals surface area contributed by atoms with Gasteiger partial charge < -0.3 is 19.8 Å². The summed E-state index contributed by atoms with van der Waals surface area (Å²) in [7, 11) is 0. The molecule has 6 aliphatic carbocycles. The molecule has 306 valence electrons. The van der Waals surface area contributed by atoms with Gasteiger partial charge >= 0.3 is 6.09 Å². The van der Waals surface area contributed by atoms with Crippen LogP contribution >= 0.6 is 0 Å². The van der Waals surface area contributed by atoms with E-state index in [4.69, 9.17) is 4.74 Å². The molecule has 0 saturated heterocycles. The highest BCUT2D eigenvalue weighted by Crippen LogP contribution is 2.62. The van der Waals surface area contributed by atoms with Crippen LogP contribution in [0.5, 0.6) is 5.75 Å². The van der Waals surface area contributed by atoms with Crippen molar-refractivity contribution in [3.05, 3.63) is 124 Å². The molecule has 4 bridgehead atoms. The fourth-order valence-electron chi connectivity index (χ4n) is 11.4. The van der Waals surface area contributed by atoms with Gasteiger partial charge in [-0.25, -0.2) is 13.6 Å². The molecule has 1 amide bonds. The molecule has 0 heterocycles. The zero-order valence-electron chi connectivity index (χ0n) is 34.3. The van der Waals surface area contributed by atoms with Crippen LogP contribution in [0.4, 0.5) is 13.6 Å². The van der Waals surface area contributed by atoms with E-state index in [1.165, 1.54) is 11.6 Å². The SMILES string of the molecule is CC1=CCCC2(C)C(CCC2(O)CN(CC2CCC3CC2C3(C)C)C(=O)Oc2ccc3ccccc3c2)c2ccc(cc2C(=O)c2ccc(F)c(F)c2)CC(O)CC1. The maximum absolute atomic E-state index is 14.6. The van der Waals surface area contributed by atoms with Crippen LogP contribution in [0.2, 0.25) is 0 Å². The first kappa shape index (κ1) is 40.4. The number of nitrogens with zero attached hydrogens (tertiary/aromatic N) is 1. The van der Waals surface area contributed by atoms with Crippen LogP contribution in [0.1, 0.15) is 118 Å². The molecular formula is C50H57F2NO5. The highest BCUT2D eigenvalue weighted by molar-refractivity contribution is 6.10. The van der Waals surface area contributed by atoms with Gasteiger partial charge in [0.2, 0.25) is 0 Å². The average Bonchev–Trinajstić information content (AvgIpc) is 3.45. The molecule has 0 radical (unpaired) electrons. The van der Waals surface area contributed by atoms with Gasteiger partial charge in [0.1, 0.15) is 5.75 Å². The first-order chi connectivity index (χ1) is 27.6. The Hall–Kier alpha value is -4.40. The number of rotatable bonds is 7. The van der Waals surface area contributed by atoms with E-state index in [-0.39, 0.29) is 29.4 Å². The number of carbonyl (C=O) groups is 2. The van der Waals surface area contributed by atoms with Gasteiger partial charge in [-0.1, -0.05) is 74.9 Å². The van der Waals surface area contributed by atoms with Crippen LogP contribution in [-0.4, -0.2) is 51.8 Å². The van der Waals surface area contributed by atoms with Gasteiger partial charge in [0.15, 0.2) is 17.4 Å². The Bertz CT molecular complexity index is 2250. The number of aliphatic hydroxyl groups is 2. The molecule has 7 atom stereocenters. The summed E-state index contributed by atoms with van der Waals surface area (Å²) in [4.78, 5) is 30.7. The first-order valence-electron chi connectivity index (χ1n) is 21.3. The summed E-state index contributed by atoms with van der Waals surface area (Å²) < 4.78 is 34.8. The second-order valence-electron chi connectivity index (χ2n) is 18.9. The molecule has 0 aromatic heterocycles. The topological polar surface area (TPSA) is 87.1 Å². The van der Waals surface area contributed by atoms with E-state index in [1.54, 1.807) is 11.0 Å². The summed E-state index contributed by atoms with van der Waals surface area (Å²) in [6.45, 7) is 9.41. The smallest absolute Gasteiger partial charge is 0.410 e. The summed E-state index contributed by atoms with van der Waals surface area (Å²) in [5.74, 6) is -0.974. The number of amides is 1. The maximum atomic E-state index is 14.6. The molecule has 2 N–H and O–H groups in total. The van der Waals surface area contributed by atoms with Crippen molar-refractivity contribution in [2.75, 3.05) is 13.1 Å². The number of fused-ring (bicyclic) bond motifs is 11. The number of aliphatic hydroxyl groups excluding tert-OH is 1. The summed E-state index contributed by atoms with van der Waals surface area (Å²) in [5.41, 5.74) is 1.08.